The Balaban J connectivity index is 1.37. The second-order valence-corrected chi connectivity index (χ2v) is 7.61. The smallest absolute Gasteiger partial charge is 0.407 e. The molecule has 9 nitrogen and oxygen atoms in total. The molecule has 5 atom stereocenters. The van der Waals surface area contributed by atoms with Crippen molar-refractivity contribution in [3.8, 4) is 11.1 Å². The Hall–Kier alpha value is -2.98. The van der Waals surface area contributed by atoms with E-state index in [1.165, 1.54) is 0 Å². The molecule has 5 N–H and O–H groups in total. The molecular formula is C22H23NO8. The maximum absolute atomic E-state index is 12.2. The maximum atomic E-state index is 12.2. The fraction of sp³-hybridized carbons (Fsp3) is 0.364. The summed E-state index contributed by atoms with van der Waals surface area (Å²) in [5, 5.41) is 41.1. The third-order valence-corrected chi connectivity index (χ3v) is 5.75. The van der Waals surface area contributed by atoms with Crippen LogP contribution in [0.25, 0.3) is 11.1 Å². The van der Waals surface area contributed by atoms with Crippen molar-refractivity contribution < 1.29 is 39.5 Å². The van der Waals surface area contributed by atoms with Gasteiger partial charge in [0.2, 0.25) is 0 Å². The first kappa shape index (κ1) is 21.3. The Bertz CT molecular complexity index is 934. The van der Waals surface area contributed by atoms with Crippen LogP contribution in [-0.2, 0) is 14.3 Å². The lowest BCUT2D eigenvalue weighted by molar-refractivity contribution is -0.226. The summed E-state index contributed by atoms with van der Waals surface area (Å²) in [4.78, 5) is 23.4. The highest BCUT2D eigenvalue weighted by atomic mass is 16.6. The SMILES string of the molecule is O=C(NC[C@@H]1O[C@@H](C(=O)O)[C@H](O)[C@@H](O)[C@H]1O)OCC1c2ccccc2-c2ccccc21. The Morgan fingerprint density at radius 2 is 1.48 bits per heavy atom. The molecule has 1 aliphatic carbocycles. The van der Waals surface area contributed by atoms with Crippen LogP contribution in [0.2, 0.25) is 0 Å². The molecule has 9 heteroatoms. The Morgan fingerprint density at radius 3 is 2.06 bits per heavy atom. The number of hydrogen-bond donors (Lipinski definition) is 5. The molecule has 2 aromatic carbocycles. The van der Waals surface area contributed by atoms with Crippen LogP contribution in [0.4, 0.5) is 4.79 Å². The van der Waals surface area contributed by atoms with E-state index in [4.69, 9.17) is 14.6 Å². The van der Waals surface area contributed by atoms with Gasteiger partial charge in [-0.15, -0.1) is 0 Å². The minimum absolute atomic E-state index is 0.0903. The zero-order valence-electron chi connectivity index (χ0n) is 16.4. The number of ether oxygens (including phenoxy) is 2. The number of amides is 1. The third kappa shape index (κ3) is 4.00. The standard InChI is InChI=1S/C22H23NO8/c24-17-16(31-20(21(27)28)19(26)18(17)25)9-23-22(29)30-10-15-13-7-3-1-5-11(13)12-6-2-4-8-14(12)15/h1-8,15-20,24-26H,9-10H2,(H,23,29)(H,27,28)/t16-,17-,18-,19+,20+/m0/s1. The number of benzene rings is 2. The zero-order chi connectivity index (χ0) is 22.1. The van der Waals surface area contributed by atoms with E-state index in [0.29, 0.717) is 0 Å². The monoisotopic (exact) mass is 429 g/mol. The van der Waals surface area contributed by atoms with Gasteiger partial charge in [-0.25, -0.2) is 9.59 Å². The second kappa shape index (κ2) is 8.64. The first-order valence-electron chi connectivity index (χ1n) is 9.89. The van der Waals surface area contributed by atoms with Gasteiger partial charge in [0, 0.05) is 12.5 Å². The number of aliphatic hydroxyl groups excluding tert-OH is 3. The molecule has 0 saturated carbocycles. The van der Waals surface area contributed by atoms with Gasteiger partial charge >= 0.3 is 12.1 Å². The highest BCUT2D eigenvalue weighted by molar-refractivity contribution is 5.79. The normalized spacial score (nSPS) is 27.3. The lowest BCUT2D eigenvalue weighted by atomic mass is 9.95. The lowest BCUT2D eigenvalue weighted by Crippen LogP contribution is -2.61. The van der Waals surface area contributed by atoms with Gasteiger partial charge < -0.3 is 35.2 Å². The van der Waals surface area contributed by atoms with E-state index in [1.807, 2.05) is 48.5 Å². The molecule has 0 spiro atoms. The molecule has 1 heterocycles. The van der Waals surface area contributed by atoms with Crippen molar-refractivity contribution in [2.45, 2.75) is 36.4 Å². The van der Waals surface area contributed by atoms with E-state index in [1.54, 1.807) is 0 Å². The van der Waals surface area contributed by atoms with Crippen LogP contribution in [-0.4, -0.2) is 76.2 Å². The van der Waals surface area contributed by atoms with Crippen molar-refractivity contribution in [2.75, 3.05) is 13.2 Å². The predicted octanol–water partition coefficient (Wildman–Crippen LogP) is 0.460. The van der Waals surface area contributed by atoms with E-state index in [0.717, 1.165) is 22.3 Å². The minimum Gasteiger partial charge on any atom is -0.479 e. The van der Waals surface area contributed by atoms with Crippen LogP contribution in [0.15, 0.2) is 48.5 Å². The average molecular weight is 429 g/mol. The number of rotatable bonds is 5. The molecule has 1 saturated heterocycles. The third-order valence-electron chi connectivity index (χ3n) is 5.75. The molecule has 1 fully saturated rings. The molecule has 1 aliphatic heterocycles. The number of carbonyl (C=O) groups excluding carboxylic acids is 1. The first-order valence-corrected chi connectivity index (χ1v) is 9.89. The summed E-state index contributed by atoms with van der Waals surface area (Å²) < 4.78 is 10.5. The van der Waals surface area contributed by atoms with Crippen molar-refractivity contribution in [2.24, 2.45) is 0 Å². The van der Waals surface area contributed by atoms with E-state index in [2.05, 4.69) is 5.32 Å². The quantitative estimate of drug-likeness (QED) is 0.461. The van der Waals surface area contributed by atoms with Gasteiger partial charge in [0.25, 0.3) is 0 Å². The number of carboxylic acids is 1. The summed E-state index contributed by atoms with van der Waals surface area (Å²) in [6.45, 7) is -0.210. The van der Waals surface area contributed by atoms with E-state index < -0.39 is 42.6 Å². The Morgan fingerprint density at radius 1 is 0.903 bits per heavy atom. The number of carbonyl (C=O) groups is 2. The number of alkyl carbamates (subject to hydrolysis) is 1. The van der Waals surface area contributed by atoms with Crippen LogP contribution in [0.1, 0.15) is 17.0 Å². The average Bonchev–Trinajstić information content (AvgIpc) is 3.09. The van der Waals surface area contributed by atoms with Crippen LogP contribution >= 0.6 is 0 Å². The second-order valence-electron chi connectivity index (χ2n) is 7.61. The summed E-state index contributed by atoms with van der Waals surface area (Å²) in [7, 11) is 0. The molecule has 0 unspecified atom stereocenters. The number of carboxylic acid groups (broad SMARTS) is 1. The largest absolute Gasteiger partial charge is 0.479 e. The molecule has 2 aromatic rings. The molecule has 164 valence electrons. The summed E-state index contributed by atoms with van der Waals surface area (Å²) in [5.41, 5.74) is 4.31. The summed E-state index contributed by atoms with van der Waals surface area (Å²) in [5.74, 6) is -1.60. The van der Waals surface area contributed by atoms with Crippen molar-refractivity contribution in [1.82, 2.24) is 5.32 Å². The van der Waals surface area contributed by atoms with Gasteiger partial charge in [0.15, 0.2) is 6.10 Å². The number of hydrogen-bond acceptors (Lipinski definition) is 7. The van der Waals surface area contributed by atoms with E-state index in [9.17, 15) is 24.9 Å². The molecule has 31 heavy (non-hydrogen) atoms. The Labute approximate surface area is 177 Å². The zero-order valence-corrected chi connectivity index (χ0v) is 16.4. The van der Waals surface area contributed by atoms with Gasteiger partial charge in [-0.3, -0.25) is 0 Å². The molecule has 1 amide bonds. The van der Waals surface area contributed by atoms with Crippen LogP contribution in [0.3, 0.4) is 0 Å². The topological polar surface area (TPSA) is 146 Å². The lowest BCUT2D eigenvalue weighted by Gasteiger charge is -2.38. The van der Waals surface area contributed by atoms with Gasteiger partial charge in [0.05, 0.1) is 0 Å². The number of fused-ring (bicyclic) bond motifs is 3. The van der Waals surface area contributed by atoms with Crippen molar-refractivity contribution in [3.05, 3.63) is 59.7 Å². The maximum Gasteiger partial charge on any atom is 0.407 e. The fourth-order valence-electron chi connectivity index (χ4n) is 4.16. The summed E-state index contributed by atoms with van der Waals surface area (Å²) in [6, 6.07) is 15.8. The van der Waals surface area contributed by atoms with E-state index in [-0.39, 0.29) is 19.1 Å². The number of aliphatic carboxylic acids is 1. The Kier molecular flexibility index (Phi) is 5.92. The van der Waals surface area contributed by atoms with Gasteiger partial charge in [-0.1, -0.05) is 48.5 Å². The molecule has 0 aromatic heterocycles. The van der Waals surface area contributed by atoms with Crippen molar-refractivity contribution >= 4 is 12.1 Å². The molecular weight excluding hydrogens is 406 g/mol. The summed E-state index contributed by atoms with van der Waals surface area (Å²) >= 11 is 0. The first-order chi connectivity index (χ1) is 14.9. The van der Waals surface area contributed by atoms with Crippen LogP contribution in [0, 0.1) is 0 Å². The highest BCUT2D eigenvalue weighted by Crippen LogP contribution is 2.44. The highest BCUT2D eigenvalue weighted by Gasteiger charge is 2.46. The molecule has 0 bridgehead atoms. The van der Waals surface area contributed by atoms with Crippen LogP contribution in [0.5, 0.6) is 0 Å². The number of aliphatic hydroxyl groups is 3. The van der Waals surface area contributed by atoms with Crippen molar-refractivity contribution in [1.29, 1.82) is 0 Å². The molecule has 2 aliphatic rings. The van der Waals surface area contributed by atoms with Gasteiger partial charge in [-0.05, 0) is 22.3 Å². The number of nitrogens with one attached hydrogen (secondary N) is 1. The van der Waals surface area contributed by atoms with E-state index >= 15 is 0 Å². The van der Waals surface area contributed by atoms with Gasteiger partial charge in [0.1, 0.15) is 31.0 Å². The predicted molar refractivity (Wildman–Crippen MR) is 107 cm³/mol. The van der Waals surface area contributed by atoms with Crippen molar-refractivity contribution in [3.63, 3.8) is 0 Å². The molecule has 4 rings (SSSR count). The summed E-state index contributed by atoms with van der Waals surface area (Å²) in [6.07, 6.45) is -8.78. The van der Waals surface area contributed by atoms with Crippen LogP contribution < -0.4 is 5.32 Å². The fourth-order valence-corrected chi connectivity index (χ4v) is 4.16. The van der Waals surface area contributed by atoms with Gasteiger partial charge in [-0.2, -0.15) is 0 Å². The molecule has 0 radical (unpaired) electrons. The minimum atomic E-state index is -1.78.